The van der Waals surface area contributed by atoms with Gasteiger partial charge in [-0.1, -0.05) is 68.8 Å². The van der Waals surface area contributed by atoms with Crippen LogP contribution in [0.1, 0.15) is 56.6 Å². The summed E-state index contributed by atoms with van der Waals surface area (Å²) in [4.78, 5) is 35.3. The molecule has 0 aliphatic heterocycles. The zero-order valence-corrected chi connectivity index (χ0v) is 19.9. The minimum absolute atomic E-state index is 0.00285. The highest BCUT2D eigenvalue weighted by Gasteiger charge is 2.29. The number of alkyl carbamates (subject to hydrolysis) is 1. The van der Waals surface area contributed by atoms with Crippen molar-refractivity contribution in [3.05, 3.63) is 59.7 Å². The average Bonchev–Trinajstić information content (AvgIpc) is 3.13. The molecule has 1 aliphatic carbocycles. The van der Waals surface area contributed by atoms with Gasteiger partial charge in [0.05, 0.1) is 0 Å². The Kier molecular flexibility index (Phi) is 9.08. The van der Waals surface area contributed by atoms with Crippen LogP contribution < -0.4 is 10.6 Å². The Morgan fingerprint density at radius 2 is 1.59 bits per heavy atom. The van der Waals surface area contributed by atoms with Gasteiger partial charge in [-0.15, -0.1) is 0 Å². The standard InChI is InChI=1S/C27H34N2O5/c1-3-19(15-25(30)28-13-12-18(2)14-26(31)32)16-29-27(33)34-17-24-22-10-6-4-8-20(22)21-9-5-7-11-23(21)24/h4-11,18-19,24H,3,12-17H2,1-2H3,(H,28,30)(H,29,33)(H,31,32). The smallest absolute Gasteiger partial charge is 0.407 e. The van der Waals surface area contributed by atoms with Gasteiger partial charge in [0.2, 0.25) is 5.91 Å². The van der Waals surface area contributed by atoms with Gasteiger partial charge >= 0.3 is 12.1 Å². The highest BCUT2D eigenvalue weighted by Crippen LogP contribution is 2.44. The van der Waals surface area contributed by atoms with Crippen LogP contribution in [0.2, 0.25) is 0 Å². The van der Waals surface area contributed by atoms with Crippen molar-refractivity contribution >= 4 is 18.0 Å². The first-order chi connectivity index (χ1) is 16.4. The first-order valence-corrected chi connectivity index (χ1v) is 12.0. The number of rotatable bonds is 12. The van der Waals surface area contributed by atoms with E-state index < -0.39 is 12.1 Å². The van der Waals surface area contributed by atoms with Gasteiger partial charge in [-0.05, 0) is 40.5 Å². The van der Waals surface area contributed by atoms with Crippen molar-refractivity contribution in [2.24, 2.45) is 11.8 Å². The summed E-state index contributed by atoms with van der Waals surface area (Å²) >= 11 is 0. The number of carboxylic acid groups (broad SMARTS) is 1. The van der Waals surface area contributed by atoms with E-state index in [1.165, 1.54) is 11.1 Å². The molecule has 2 unspecified atom stereocenters. The third-order valence-electron chi connectivity index (χ3n) is 6.41. The molecule has 7 nitrogen and oxygen atoms in total. The molecule has 0 spiro atoms. The first-order valence-electron chi connectivity index (χ1n) is 12.0. The molecule has 2 atom stereocenters. The lowest BCUT2D eigenvalue weighted by Gasteiger charge is -2.18. The molecule has 34 heavy (non-hydrogen) atoms. The topological polar surface area (TPSA) is 105 Å². The predicted molar refractivity (Wildman–Crippen MR) is 131 cm³/mol. The Balaban J connectivity index is 1.42. The van der Waals surface area contributed by atoms with E-state index >= 15 is 0 Å². The number of hydrogen-bond donors (Lipinski definition) is 3. The highest BCUT2D eigenvalue weighted by atomic mass is 16.5. The minimum Gasteiger partial charge on any atom is -0.481 e. The Morgan fingerprint density at radius 1 is 0.971 bits per heavy atom. The monoisotopic (exact) mass is 466 g/mol. The normalized spacial score (nSPS) is 13.9. The maximum absolute atomic E-state index is 12.4. The highest BCUT2D eigenvalue weighted by molar-refractivity contribution is 5.79. The van der Waals surface area contributed by atoms with Gasteiger partial charge in [-0.25, -0.2) is 4.79 Å². The zero-order chi connectivity index (χ0) is 24.5. The fourth-order valence-corrected chi connectivity index (χ4v) is 4.43. The van der Waals surface area contributed by atoms with Crippen molar-refractivity contribution in [1.82, 2.24) is 10.6 Å². The molecule has 2 aromatic carbocycles. The number of amides is 2. The van der Waals surface area contributed by atoms with E-state index in [9.17, 15) is 14.4 Å². The van der Waals surface area contributed by atoms with Crippen LogP contribution in [0, 0.1) is 11.8 Å². The summed E-state index contributed by atoms with van der Waals surface area (Å²) < 4.78 is 5.56. The summed E-state index contributed by atoms with van der Waals surface area (Å²) in [7, 11) is 0. The number of nitrogens with one attached hydrogen (secondary N) is 2. The van der Waals surface area contributed by atoms with Crippen LogP contribution in [0.3, 0.4) is 0 Å². The van der Waals surface area contributed by atoms with Crippen molar-refractivity contribution in [3.8, 4) is 11.1 Å². The molecule has 0 heterocycles. The molecular weight excluding hydrogens is 432 g/mol. The zero-order valence-electron chi connectivity index (χ0n) is 19.9. The van der Waals surface area contributed by atoms with E-state index in [-0.39, 0.29) is 36.7 Å². The molecular formula is C27H34N2O5. The van der Waals surface area contributed by atoms with E-state index in [2.05, 4.69) is 34.9 Å². The summed E-state index contributed by atoms with van der Waals surface area (Å²) in [5.74, 6) is -0.908. The SMILES string of the molecule is CCC(CNC(=O)OCC1c2ccccc2-c2ccccc21)CC(=O)NCCC(C)CC(=O)O. The summed E-state index contributed by atoms with van der Waals surface area (Å²) in [5, 5.41) is 14.4. The molecule has 1 aliphatic rings. The van der Waals surface area contributed by atoms with Gasteiger partial charge in [0.15, 0.2) is 0 Å². The quantitative estimate of drug-likeness (QED) is 0.425. The minimum atomic E-state index is -0.829. The average molecular weight is 467 g/mol. The molecule has 7 heteroatoms. The number of carbonyl (C=O) groups excluding carboxylic acids is 2. The second kappa shape index (κ2) is 12.2. The number of carboxylic acids is 1. The van der Waals surface area contributed by atoms with Crippen LogP contribution in [-0.2, 0) is 14.3 Å². The van der Waals surface area contributed by atoms with Crippen molar-refractivity contribution in [2.45, 2.75) is 45.4 Å². The van der Waals surface area contributed by atoms with Gasteiger partial charge in [-0.2, -0.15) is 0 Å². The van der Waals surface area contributed by atoms with Crippen LogP contribution in [0.4, 0.5) is 4.79 Å². The lowest BCUT2D eigenvalue weighted by molar-refractivity contribution is -0.138. The van der Waals surface area contributed by atoms with Crippen LogP contribution in [0.15, 0.2) is 48.5 Å². The molecule has 2 aromatic rings. The fourth-order valence-electron chi connectivity index (χ4n) is 4.43. The number of carbonyl (C=O) groups is 3. The van der Waals surface area contributed by atoms with Crippen molar-refractivity contribution < 1.29 is 24.2 Å². The Hall–Kier alpha value is -3.35. The van der Waals surface area contributed by atoms with Crippen molar-refractivity contribution in [2.75, 3.05) is 19.7 Å². The fraction of sp³-hybridized carbons (Fsp3) is 0.444. The van der Waals surface area contributed by atoms with Gasteiger partial charge in [0.1, 0.15) is 6.61 Å². The summed E-state index contributed by atoms with van der Waals surface area (Å²) in [6.45, 7) is 4.89. The second-order valence-corrected chi connectivity index (χ2v) is 9.03. The lowest BCUT2D eigenvalue weighted by atomic mass is 9.98. The van der Waals surface area contributed by atoms with Crippen molar-refractivity contribution in [1.29, 1.82) is 0 Å². The van der Waals surface area contributed by atoms with Gasteiger partial charge in [-0.3, -0.25) is 9.59 Å². The summed E-state index contributed by atoms with van der Waals surface area (Å²) in [6.07, 6.45) is 1.27. The molecule has 0 radical (unpaired) electrons. The lowest BCUT2D eigenvalue weighted by Crippen LogP contribution is -2.34. The third kappa shape index (κ3) is 6.83. The van der Waals surface area contributed by atoms with Crippen molar-refractivity contribution in [3.63, 3.8) is 0 Å². The largest absolute Gasteiger partial charge is 0.481 e. The Bertz CT molecular complexity index is 961. The summed E-state index contributed by atoms with van der Waals surface area (Å²) in [5.41, 5.74) is 4.69. The van der Waals surface area contributed by atoms with E-state index in [4.69, 9.17) is 9.84 Å². The molecule has 0 fully saturated rings. The number of hydrogen-bond acceptors (Lipinski definition) is 4. The van der Waals surface area contributed by atoms with Crippen LogP contribution in [0.5, 0.6) is 0 Å². The Labute approximate surface area is 200 Å². The molecule has 3 N–H and O–H groups in total. The Morgan fingerprint density at radius 3 is 2.18 bits per heavy atom. The third-order valence-corrected chi connectivity index (χ3v) is 6.41. The maximum Gasteiger partial charge on any atom is 0.407 e. The molecule has 182 valence electrons. The van der Waals surface area contributed by atoms with Gasteiger partial charge in [0, 0.05) is 31.8 Å². The van der Waals surface area contributed by atoms with E-state index in [0.29, 0.717) is 25.9 Å². The van der Waals surface area contributed by atoms with Crippen LogP contribution >= 0.6 is 0 Å². The van der Waals surface area contributed by atoms with E-state index in [1.807, 2.05) is 38.1 Å². The summed E-state index contributed by atoms with van der Waals surface area (Å²) in [6, 6.07) is 16.4. The van der Waals surface area contributed by atoms with E-state index in [1.54, 1.807) is 0 Å². The molecule has 0 aromatic heterocycles. The number of fused-ring (bicyclic) bond motifs is 3. The van der Waals surface area contributed by atoms with Gasteiger partial charge in [0.25, 0.3) is 0 Å². The van der Waals surface area contributed by atoms with Crippen LogP contribution in [0.25, 0.3) is 11.1 Å². The molecule has 0 saturated heterocycles. The van der Waals surface area contributed by atoms with Gasteiger partial charge < -0.3 is 20.5 Å². The molecule has 0 saturated carbocycles. The number of aliphatic carboxylic acids is 1. The van der Waals surface area contributed by atoms with E-state index in [0.717, 1.165) is 17.5 Å². The molecule has 3 rings (SSSR count). The van der Waals surface area contributed by atoms with Crippen LogP contribution in [-0.4, -0.2) is 42.8 Å². The number of ether oxygens (including phenoxy) is 1. The molecule has 0 bridgehead atoms. The predicted octanol–water partition coefficient (Wildman–Crippen LogP) is 4.56. The second-order valence-electron chi connectivity index (χ2n) is 9.03. The number of benzene rings is 2. The maximum atomic E-state index is 12.4. The first kappa shape index (κ1) is 25.3. The molecule has 2 amide bonds.